The Kier molecular flexibility index (Phi) is 11.0. The summed E-state index contributed by atoms with van der Waals surface area (Å²) in [5.74, 6) is 0.213. The summed E-state index contributed by atoms with van der Waals surface area (Å²) in [4.78, 5) is 0. The van der Waals surface area contributed by atoms with E-state index >= 15 is 0 Å². The van der Waals surface area contributed by atoms with E-state index in [0.29, 0.717) is 11.8 Å². The van der Waals surface area contributed by atoms with Crippen LogP contribution in [-0.4, -0.2) is 5.92 Å². The van der Waals surface area contributed by atoms with Crippen LogP contribution in [0.4, 0.5) is 0 Å². The molecule has 3 unspecified atom stereocenters. The number of hydrogen-bond acceptors (Lipinski definition) is 0. The van der Waals surface area contributed by atoms with Crippen molar-refractivity contribution < 1.29 is 15.6 Å². The zero-order valence-corrected chi connectivity index (χ0v) is 38.8. The second kappa shape index (κ2) is 14.8. The number of allylic oxidation sites excluding steroid dienone is 2. The summed E-state index contributed by atoms with van der Waals surface area (Å²) < 4.78 is 0.236. The zero-order valence-electron chi connectivity index (χ0n) is 33.7. The van der Waals surface area contributed by atoms with E-state index in [1.807, 2.05) is 0 Å². The molecule has 3 aliphatic rings. The van der Waals surface area contributed by atoms with Crippen LogP contribution in [0.15, 0.2) is 96.1 Å². The Morgan fingerprint density at radius 2 is 1.25 bits per heavy atom. The van der Waals surface area contributed by atoms with Crippen molar-refractivity contribution in [2.45, 2.75) is 119 Å². The Hall–Kier alpha value is -1.96. The van der Waals surface area contributed by atoms with Crippen molar-refractivity contribution in [3.05, 3.63) is 129 Å². The van der Waals surface area contributed by atoms with Gasteiger partial charge in [-0.15, -0.1) is 0 Å². The molecule has 53 heavy (non-hydrogen) atoms. The molecule has 3 aliphatic carbocycles. The van der Waals surface area contributed by atoms with Crippen molar-refractivity contribution in [2.75, 3.05) is 0 Å². The molecule has 0 heterocycles. The quantitative estimate of drug-likeness (QED) is 0.147. The third kappa shape index (κ3) is 6.83. The van der Waals surface area contributed by atoms with E-state index in [2.05, 4.69) is 159 Å². The first-order valence-corrected chi connectivity index (χ1v) is 36.9. The fourth-order valence-electron chi connectivity index (χ4n) is 10.1. The fourth-order valence-corrected chi connectivity index (χ4v) is 41.5. The van der Waals surface area contributed by atoms with Gasteiger partial charge in [0.25, 0.3) is 0 Å². The van der Waals surface area contributed by atoms with Gasteiger partial charge in [-0.3, -0.25) is 0 Å². The molecule has 0 N–H and O–H groups in total. The maximum absolute atomic E-state index is 8.91. The zero-order chi connectivity index (χ0) is 37.9. The third-order valence-electron chi connectivity index (χ3n) is 13.8. The molecule has 0 saturated heterocycles. The number of rotatable bonds is 9. The molecule has 0 radical (unpaired) electrons. The molecule has 0 bridgehead atoms. The number of benzene rings is 4. The Bertz CT molecular complexity index is 2040. The van der Waals surface area contributed by atoms with Crippen LogP contribution in [0.25, 0.3) is 34.4 Å². The average molecular weight is 840 g/mol. The Morgan fingerprint density at radius 1 is 0.717 bits per heavy atom. The Balaban J connectivity index is 1.41. The first-order valence-electron chi connectivity index (χ1n) is 20.6. The second-order valence-electron chi connectivity index (χ2n) is 18.3. The van der Waals surface area contributed by atoms with Crippen molar-refractivity contribution in [1.82, 2.24) is 0 Å². The first kappa shape index (κ1) is 39.3. The van der Waals surface area contributed by atoms with Gasteiger partial charge < -0.3 is 0 Å². The molecular formula is C49H61Cl2SiZr. The van der Waals surface area contributed by atoms with Gasteiger partial charge in [0.1, 0.15) is 0 Å². The number of fused-ring (bicyclic) bond motifs is 2. The summed E-state index contributed by atoms with van der Waals surface area (Å²) in [6.07, 6.45) is 12.3. The van der Waals surface area contributed by atoms with Crippen LogP contribution in [0.2, 0.25) is 13.1 Å². The van der Waals surface area contributed by atoms with Gasteiger partial charge in [0.05, 0.1) is 0 Å². The van der Waals surface area contributed by atoms with Gasteiger partial charge in [0.15, 0.2) is 0 Å². The Morgan fingerprint density at radius 3 is 1.75 bits per heavy atom. The van der Waals surface area contributed by atoms with Gasteiger partial charge in [-0.1, -0.05) is 0 Å². The predicted molar refractivity (Wildman–Crippen MR) is 235 cm³/mol. The average Bonchev–Trinajstić information content (AvgIpc) is 3.75. The van der Waals surface area contributed by atoms with Crippen LogP contribution in [0, 0.1) is 11.8 Å². The normalized spacial score (nSPS) is 22.8. The van der Waals surface area contributed by atoms with Crippen LogP contribution in [0.5, 0.6) is 0 Å². The Labute approximate surface area is 330 Å². The van der Waals surface area contributed by atoms with E-state index in [1.54, 1.807) is 5.57 Å². The van der Waals surface area contributed by atoms with Crippen LogP contribution in [-0.2, 0) is 21.0 Å². The molecule has 7 rings (SSSR count). The van der Waals surface area contributed by atoms with Crippen molar-refractivity contribution in [3.8, 4) is 22.3 Å². The van der Waals surface area contributed by atoms with Gasteiger partial charge in [0, 0.05) is 0 Å². The standard InChI is InChI=1S/C26H31.C21H23.C2H7Si.2ClH.Zr/c1-18-8-10-19(11-9-18)22-16-21-6-5-7-24(25(21)17-22)20-12-14-23(15-13-20)26(2,3)4;1-4-15(3)17-9-11-18(12-10-17)20-8-6-7-19-13-16(5-2)14-21(19)20;1-3-2;;;/h5-7,12-19H,8-11H2,1-4H3;6-15H,4-5H2,1-3H3;3H,1-2H3;2*1H;/q;;;;;+2/p-2. The van der Waals surface area contributed by atoms with E-state index in [-0.39, 0.29) is 12.7 Å². The summed E-state index contributed by atoms with van der Waals surface area (Å²) in [6.45, 7) is 21.2. The summed E-state index contributed by atoms with van der Waals surface area (Å²) in [5.41, 5.74) is 16.7. The topological polar surface area (TPSA) is 0 Å². The van der Waals surface area contributed by atoms with E-state index in [0.717, 1.165) is 18.8 Å². The molecule has 0 aromatic heterocycles. The molecule has 0 nitrogen and oxygen atoms in total. The van der Waals surface area contributed by atoms with Crippen molar-refractivity contribution in [1.29, 1.82) is 0 Å². The molecule has 4 aromatic carbocycles. The molecule has 0 amide bonds. The van der Waals surface area contributed by atoms with Gasteiger partial charge in [-0.05, 0) is 0 Å². The molecule has 1 saturated carbocycles. The maximum atomic E-state index is 8.91. The molecule has 0 spiro atoms. The minimum absolute atomic E-state index is 0.113. The fraction of sp³-hybridized carbons (Fsp3) is 0.429. The first-order chi connectivity index (χ1) is 25.2. The van der Waals surface area contributed by atoms with Crippen molar-refractivity contribution >= 4 is 35.1 Å². The SMILES string of the molecule is CCC1=Cc2c(-c3ccc(C(C)CC)cc3)cccc2[CH]1[Zr]([Cl])([Cl])([CH]1C(C2CCC(C)CC2)=Cc2c(-c3ccc(C(C)(C)C)cc3)cccc21)[SiH](C)C. The number of halogens is 2. The van der Waals surface area contributed by atoms with Crippen molar-refractivity contribution in [3.63, 3.8) is 0 Å². The molecule has 0 aliphatic heterocycles. The molecule has 3 atom stereocenters. The molecule has 1 fully saturated rings. The van der Waals surface area contributed by atoms with Gasteiger partial charge in [-0.25, -0.2) is 0 Å². The molecule has 4 aromatic rings. The summed E-state index contributed by atoms with van der Waals surface area (Å²) in [6, 6.07) is 32.7. The van der Waals surface area contributed by atoms with Crippen molar-refractivity contribution in [2.24, 2.45) is 11.8 Å². The molecular weight excluding hydrogens is 779 g/mol. The van der Waals surface area contributed by atoms with Gasteiger partial charge in [-0.2, -0.15) is 0 Å². The third-order valence-corrected chi connectivity index (χ3v) is 65.6. The summed E-state index contributed by atoms with van der Waals surface area (Å²) >= 11 is -4.92. The van der Waals surface area contributed by atoms with Gasteiger partial charge in [0.2, 0.25) is 0 Å². The predicted octanol–water partition coefficient (Wildman–Crippen LogP) is 15.6. The molecule has 279 valence electrons. The summed E-state index contributed by atoms with van der Waals surface area (Å²) in [5, 5.41) is 0. The minimum atomic E-state index is -4.92. The van der Waals surface area contributed by atoms with Crippen LogP contribution in [0.1, 0.15) is 134 Å². The second-order valence-corrected chi connectivity index (χ2v) is 60.8. The van der Waals surface area contributed by atoms with E-state index in [9.17, 15) is 0 Å². The van der Waals surface area contributed by atoms with E-state index < -0.39 is 21.5 Å². The van der Waals surface area contributed by atoms with E-state index in [1.165, 1.54) is 86.9 Å². The van der Waals surface area contributed by atoms with Crippen LogP contribution < -0.4 is 0 Å². The molecule has 4 heteroatoms. The van der Waals surface area contributed by atoms with Crippen LogP contribution in [0.3, 0.4) is 0 Å². The van der Waals surface area contributed by atoms with Gasteiger partial charge >= 0.3 is 333 Å². The monoisotopic (exact) mass is 837 g/mol. The van der Waals surface area contributed by atoms with E-state index in [4.69, 9.17) is 17.0 Å². The summed E-state index contributed by atoms with van der Waals surface area (Å²) in [7, 11) is 17.8. The van der Waals surface area contributed by atoms with Crippen LogP contribution >= 0.6 is 17.0 Å². The number of hydrogen-bond donors (Lipinski definition) is 0.